The second kappa shape index (κ2) is 3.47. The van der Waals surface area contributed by atoms with Crippen LogP contribution in [0.4, 0.5) is 0 Å². The largest absolute Gasteiger partial charge is 0.352 e. The van der Waals surface area contributed by atoms with Crippen LogP contribution in [0.2, 0.25) is 0 Å². The molecule has 0 aliphatic carbocycles. The zero-order valence-corrected chi connectivity index (χ0v) is 7.74. The lowest BCUT2D eigenvalue weighted by atomic mass is 10.4. The van der Waals surface area contributed by atoms with Crippen LogP contribution in [-0.4, -0.2) is 35.9 Å². The molecular formula is C8H12N2O3. The second-order valence-electron chi connectivity index (χ2n) is 2.96. The molecule has 5 nitrogen and oxygen atoms in total. The van der Waals surface area contributed by atoms with Crippen molar-refractivity contribution in [2.45, 2.75) is 12.8 Å². The van der Waals surface area contributed by atoms with Gasteiger partial charge in [0.1, 0.15) is 0 Å². The van der Waals surface area contributed by atoms with Gasteiger partial charge < -0.3 is 9.74 Å². The second-order valence-corrected chi connectivity index (χ2v) is 2.96. The van der Waals surface area contributed by atoms with Crippen molar-refractivity contribution in [3.63, 3.8) is 0 Å². The number of nitrogens with zero attached hydrogens (tertiary/aromatic N) is 2. The van der Waals surface area contributed by atoms with Gasteiger partial charge in [0.15, 0.2) is 0 Å². The molecule has 1 heterocycles. The monoisotopic (exact) mass is 184 g/mol. The molecule has 2 amide bonds. The number of carbonyl (C=O) groups is 2. The average Bonchev–Trinajstić information content (AvgIpc) is 2.35. The first kappa shape index (κ1) is 9.57. The molecule has 0 N–H and O–H groups in total. The Morgan fingerprint density at radius 2 is 1.85 bits per heavy atom. The van der Waals surface area contributed by atoms with E-state index in [0.717, 1.165) is 5.06 Å². The summed E-state index contributed by atoms with van der Waals surface area (Å²) in [6, 6.07) is 0. The number of hydrogen-bond donors (Lipinski definition) is 0. The molecule has 0 unspecified atom stereocenters. The van der Waals surface area contributed by atoms with Crippen molar-refractivity contribution < 1.29 is 14.4 Å². The molecule has 0 bridgehead atoms. The standard InChI is InChI=1S/C8H12N2O3/c1-6(9(2)3)13-10-7(11)4-5-8(10)12/h1,4-5H2,2-3H3. The quantitative estimate of drug-likeness (QED) is 0.461. The normalized spacial score (nSPS) is 16.3. The molecule has 5 heteroatoms. The van der Waals surface area contributed by atoms with E-state index in [1.165, 1.54) is 0 Å². The zero-order valence-electron chi connectivity index (χ0n) is 7.74. The smallest absolute Gasteiger partial charge is 0.264 e. The first-order valence-corrected chi connectivity index (χ1v) is 3.92. The van der Waals surface area contributed by atoms with Crippen molar-refractivity contribution in [3.8, 4) is 0 Å². The molecule has 0 atom stereocenters. The Morgan fingerprint density at radius 3 is 2.23 bits per heavy atom. The fourth-order valence-electron chi connectivity index (χ4n) is 0.845. The van der Waals surface area contributed by atoms with Crippen LogP contribution in [0.5, 0.6) is 0 Å². The van der Waals surface area contributed by atoms with Gasteiger partial charge >= 0.3 is 0 Å². The predicted octanol–water partition coefficient (Wildman–Crippen LogP) is 0.0998. The fraction of sp³-hybridized carbons (Fsp3) is 0.500. The highest BCUT2D eigenvalue weighted by Crippen LogP contribution is 2.14. The van der Waals surface area contributed by atoms with Crippen molar-refractivity contribution in [2.24, 2.45) is 0 Å². The molecule has 0 aromatic carbocycles. The number of carbonyl (C=O) groups excluding carboxylic acids is 2. The van der Waals surface area contributed by atoms with Crippen LogP contribution in [-0.2, 0) is 14.4 Å². The third-order valence-corrected chi connectivity index (χ3v) is 1.70. The molecule has 0 saturated carbocycles. The zero-order chi connectivity index (χ0) is 10.0. The SMILES string of the molecule is C=C(ON1C(=O)CCC1=O)N(C)C. The Morgan fingerprint density at radius 1 is 1.38 bits per heavy atom. The summed E-state index contributed by atoms with van der Waals surface area (Å²) in [6.07, 6.45) is 0.444. The third-order valence-electron chi connectivity index (χ3n) is 1.70. The van der Waals surface area contributed by atoms with E-state index in [9.17, 15) is 9.59 Å². The van der Waals surface area contributed by atoms with Gasteiger partial charge in [0, 0.05) is 26.9 Å². The van der Waals surface area contributed by atoms with Crippen LogP contribution >= 0.6 is 0 Å². The summed E-state index contributed by atoms with van der Waals surface area (Å²) in [5.41, 5.74) is 0. The van der Waals surface area contributed by atoms with Gasteiger partial charge in [-0.3, -0.25) is 9.59 Å². The number of amides is 2. The Kier molecular flexibility index (Phi) is 2.55. The van der Waals surface area contributed by atoms with Gasteiger partial charge in [0.05, 0.1) is 0 Å². The van der Waals surface area contributed by atoms with Gasteiger partial charge in [-0.05, 0) is 6.58 Å². The molecule has 0 radical (unpaired) electrons. The molecular weight excluding hydrogens is 172 g/mol. The van der Waals surface area contributed by atoms with Crippen LogP contribution in [0.15, 0.2) is 12.5 Å². The molecule has 1 saturated heterocycles. The lowest BCUT2D eigenvalue weighted by Crippen LogP contribution is -2.31. The van der Waals surface area contributed by atoms with E-state index in [0.29, 0.717) is 0 Å². The maximum atomic E-state index is 11.1. The topological polar surface area (TPSA) is 49.9 Å². The predicted molar refractivity (Wildman–Crippen MR) is 45.0 cm³/mol. The molecule has 1 aliphatic heterocycles. The molecule has 1 aliphatic rings. The minimum Gasteiger partial charge on any atom is -0.352 e. The van der Waals surface area contributed by atoms with Crippen molar-refractivity contribution >= 4 is 11.8 Å². The van der Waals surface area contributed by atoms with Crippen LogP contribution in [0.3, 0.4) is 0 Å². The van der Waals surface area contributed by atoms with Crippen LogP contribution in [0.1, 0.15) is 12.8 Å². The number of imide groups is 1. The Hall–Kier alpha value is -1.52. The first-order chi connectivity index (χ1) is 6.02. The molecule has 0 aromatic rings. The van der Waals surface area contributed by atoms with Crippen LogP contribution in [0.25, 0.3) is 0 Å². The molecule has 13 heavy (non-hydrogen) atoms. The van der Waals surface area contributed by atoms with E-state index in [2.05, 4.69) is 6.58 Å². The first-order valence-electron chi connectivity index (χ1n) is 3.92. The lowest BCUT2D eigenvalue weighted by Gasteiger charge is -2.20. The van der Waals surface area contributed by atoms with Crippen LogP contribution in [0, 0.1) is 0 Å². The van der Waals surface area contributed by atoms with E-state index >= 15 is 0 Å². The summed E-state index contributed by atoms with van der Waals surface area (Å²) >= 11 is 0. The fourth-order valence-corrected chi connectivity index (χ4v) is 0.845. The van der Waals surface area contributed by atoms with E-state index in [-0.39, 0.29) is 30.5 Å². The van der Waals surface area contributed by atoms with E-state index in [1.54, 1.807) is 19.0 Å². The van der Waals surface area contributed by atoms with Crippen molar-refractivity contribution in [1.29, 1.82) is 0 Å². The van der Waals surface area contributed by atoms with E-state index in [4.69, 9.17) is 4.84 Å². The summed E-state index contributed by atoms with van der Waals surface area (Å²) in [4.78, 5) is 28.7. The highest BCUT2D eigenvalue weighted by molar-refractivity contribution is 6.00. The lowest BCUT2D eigenvalue weighted by molar-refractivity contribution is -0.181. The summed E-state index contributed by atoms with van der Waals surface area (Å²) in [7, 11) is 3.43. The van der Waals surface area contributed by atoms with Gasteiger partial charge in [0.25, 0.3) is 11.8 Å². The Balaban J connectivity index is 2.58. The number of hydroxylamine groups is 2. The molecule has 1 rings (SSSR count). The van der Waals surface area contributed by atoms with Gasteiger partial charge in [-0.25, -0.2) is 0 Å². The maximum Gasteiger partial charge on any atom is 0.264 e. The summed E-state index contributed by atoms with van der Waals surface area (Å²) < 4.78 is 0. The molecule has 0 aromatic heterocycles. The summed E-state index contributed by atoms with van der Waals surface area (Å²) in [5.74, 6) is -0.357. The molecule has 0 spiro atoms. The van der Waals surface area contributed by atoms with Gasteiger partial charge in [-0.1, -0.05) is 0 Å². The summed E-state index contributed by atoms with van der Waals surface area (Å²) in [6.45, 7) is 3.54. The van der Waals surface area contributed by atoms with Crippen molar-refractivity contribution in [1.82, 2.24) is 9.96 Å². The highest BCUT2D eigenvalue weighted by atomic mass is 16.7. The van der Waals surface area contributed by atoms with E-state index < -0.39 is 0 Å². The van der Waals surface area contributed by atoms with Crippen LogP contribution < -0.4 is 0 Å². The Labute approximate surface area is 76.5 Å². The average molecular weight is 184 g/mol. The van der Waals surface area contributed by atoms with E-state index in [1.807, 2.05) is 0 Å². The van der Waals surface area contributed by atoms with Crippen molar-refractivity contribution in [3.05, 3.63) is 12.5 Å². The minimum atomic E-state index is -0.312. The minimum absolute atomic E-state index is 0.222. The van der Waals surface area contributed by atoms with Gasteiger partial charge in [-0.2, -0.15) is 0 Å². The van der Waals surface area contributed by atoms with Crippen molar-refractivity contribution in [2.75, 3.05) is 14.1 Å². The third kappa shape index (κ3) is 1.99. The number of rotatable bonds is 3. The summed E-state index contributed by atoms with van der Waals surface area (Å²) in [5, 5.41) is 0.766. The number of hydrogen-bond acceptors (Lipinski definition) is 4. The van der Waals surface area contributed by atoms with Gasteiger partial charge in [0.2, 0.25) is 5.88 Å². The molecule has 1 fully saturated rings. The Bertz CT molecular complexity index is 244. The maximum absolute atomic E-state index is 11.1. The molecule has 72 valence electrons. The van der Waals surface area contributed by atoms with Gasteiger partial charge in [-0.15, -0.1) is 5.06 Å². The highest BCUT2D eigenvalue weighted by Gasteiger charge is 2.31.